The summed E-state index contributed by atoms with van der Waals surface area (Å²) in [5.41, 5.74) is 2.87. The van der Waals surface area contributed by atoms with Gasteiger partial charge in [-0.1, -0.05) is 36.4 Å². The molecule has 2 fully saturated rings. The van der Waals surface area contributed by atoms with Crippen molar-refractivity contribution in [3.8, 4) is 5.75 Å². The molecule has 4 rings (SSSR count). The summed E-state index contributed by atoms with van der Waals surface area (Å²) in [6.45, 7) is 3.43. The highest BCUT2D eigenvalue weighted by atomic mass is 16.5. The third-order valence-corrected chi connectivity index (χ3v) is 5.32. The molecule has 2 aromatic carbocycles. The lowest BCUT2D eigenvalue weighted by Crippen LogP contribution is -2.51. The van der Waals surface area contributed by atoms with Crippen molar-refractivity contribution in [2.24, 2.45) is 0 Å². The molecule has 1 N–H and O–H groups in total. The molecule has 1 saturated carbocycles. The van der Waals surface area contributed by atoms with Gasteiger partial charge >= 0.3 is 0 Å². The minimum Gasteiger partial charge on any atom is -0.495 e. The fourth-order valence-corrected chi connectivity index (χ4v) is 3.86. The van der Waals surface area contributed by atoms with Crippen molar-refractivity contribution in [1.29, 1.82) is 0 Å². The summed E-state index contributed by atoms with van der Waals surface area (Å²) in [7, 11) is 1.61. The van der Waals surface area contributed by atoms with Crippen molar-refractivity contribution < 1.29 is 14.3 Å². The van der Waals surface area contributed by atoms with Gasteiger partial charge in [0.05, 0.1) is 25.4 Å². The third kappa shape index (κ3) is 3.84. The lowest BCUT2D eigenvalue weighted by Gasteiger charge is -2.41. The minimum absolute atomic E-state index is 0.0664. The van der Waals surface area contributed by atoms with Crippen LogP contribution in [0.4, 0.5) is 5.69 Å². The number of benzene rings is 2. The number of ether oxygens (including phenoxy) is 2. The molecule has 1 saturated heterocycles. The van der Waals surface area contributed by atoms with E-state index in [1.807, 2.05) is 43.3 Å². The number of aryl methyl sites for hydroxylation is 1. The first-order valence-electron chi connectivity index (χ1n) is 9.55. The number of nitrogens with one attached hydrogen (secondary N) is 1. The molecule has 2 aliphatic rings. The summed E-state index contributed by atoms with van der Waals surface area (Å²) in [6.07, 6.45) is 1.85. The van der Waals surface area contributed by atoms with E-state index in [0.29, 0.717) is 24.1 Å². The molecule has 0 spiro atoms. The molecule has 5 nitrogen and oxygen atoms in total. The smallest absolute Gasteiger partial charge is 0.255 e. The summed E-state index contributed by atoms with van der Waals surface area (Å²) >= 11 is 0. The third-order valence-electron chi connectivity index (χ3n) is 5.32. The molecule has 1 amide bonds. The van der Waals surface area contributed by atoms with Gasteiger partial charge in [0, 0.05) is 12.6 Å². The number of anilines is 1. The molecule has 2 atom stereocenters. The van der Waals surface area contributed by atoms with Gasteiger partial charge in [0.15, 0.2) is 6.10 Å². The number of methoxy groups -OCH3 is 1. The number of amides is 1. The van der Waals surface area contributed by atoms with E-state index in [1.54, 1.807) is 7.11 Å². The Balaban J connectivity index is 1.62. The van der Waals surface area contributed by atoms with Gasteiger partial charge in [-0.15, -0.1) is 0 Å². The topological polar surface area (TPSA) is 50.8 Å². The summed E-state index contributed by atoms with van der Waals surface area (Å²) in [5.74, 6) is 0.526. The van der Waals surface area contributed by atoms with Crippen molar-refractivity contribution in [3.63, 3.8) is 0 Å². The molecule has 2 aromatic rings. The van der Waals surface area contributed by atoms with E-state index in [9.17, 15) is 4.79 Å². The van der Waals surface area contributed by atoms with Crippen molar-refractivity contribution in [1.82, 2.24) is 4.90 Å². The molecular weight excluding hydrogens is 340 g/mol. The standard InChI is InChI=1S/C22H26N2O3/c1-15-8-11-19(26-2)18(14-15)23-22(25)21-20(16-6-4-3-5-7-16)24(12-13-27-21)17-9-10-17/h3-8,11,14,17,20-21H,9-10,12-13H2,1-2H3,(H,23,25)/t20-,21+/m0/s1. The average Bonchev–Trinajstić information content (AvgIpc) is 3.53. The zero-order valence-corrected chi connectivity index (χ0v) is 15.9. The van der Waals surface area contributed by atoms with Crippen LogP contribution in [0, 0.1) is 6.92 Å². The zero-order valence-electron chi connectivity index (χ0n) is 15.9. The van der Waals surface area contributed by atoms with Gasteiger partial charge in [0.1, 0.15) is 5.75 Å². The predicted octanol–water partition coefficient (Wildman–Crippen LogP) is 3.55. The van der Waals surface area contributed by atoms with Crippen molar-refractivity contribution in [3.05, 3.63) is 59.7 Å². The second-order valence-electron chi connectivity index (χ2n) is 7.31. The van der Waals surface area contributed by atoms with Crippen LogP contribution in [-0.2, 0) is 9.53 Å². The molecule has 1 heterocycles. The van der Waals surface area contributed by atoms with Gasteiger partial charge < -0.3 is 14.8 Å². The highest BCUT2D eigenvalue weighted by molar-refractivity contribution is 5.96. The number of carbonyl (C=O) groups is 1. The molecule has 0 bridgehead atoms. The second kappa shape index (κ2) is 7.71. The first kappa shape index (κ1) is 18.0. The van der Waals surface area contributed by atoms with Crippen LogP contribution in [0.1, 0.15) is 30.0 Å². The van der Waals surface area contributed by atoms with Gasteiger partial charge in [-0.05, 0) is 43.0 Å². The Bertz CT molecular complexity index is 804. The highest BCUT2D eigenvalue weighted by Crippen LogP contribution is 2.39. The van der Waals surface area contributed by atoms with Gasteiger partial charge in [-0.25, -0.2) is 0 Å². The van der Waals surface area contributed by atoms with Crippen LogP contribution in [-0.4, -0.2) is 43.2 Å². The minimum atomic E-state index is -0.549. The largest absolute Gasteiger partial charge is 0.495 e. The van der Waals surface area contributed by atoms with Crippen LogP contribution in [0.15, 0.2) is 48.5 Å². The maximum atomic E-state index is 13.2. The number of carbonyl (C=O) groups excluding carboxylic acids is 1. The summed E-state index contributed by atoms with van der Waals surface area (Å²) in [6, 6.07) is 16.5. The van der Waals surface area contributed by atoms with Crippen LogP contribution >= 0.6 is 0 Å². The number of nitrogens with zero attached hydrogens (tertiary/aromatic N) is 1. The Kier molecular flexibility index (Phi) is 5.14. The lowest BCUT2D eigenvalue weighted by atomic mass is 9.97. The Morgan fingerprint density at radius 1 is 1.19 bits per heavy atom. The molecule has 0 unspecified atom stereocenters. The lowest BCUT2D eigenvalue weighted by molar-refractivity contribution is -0.141. The fourth-order valence-electron chi connectivity index (χ4n) is 3.86. The van der Waals surface area contributed by atoms with Crippen molar-refractivity contribution in [2.45, 2.75) is 38.0 Å². The molecule has 27 heavy (non-hydrogen) atoms. The number of hydrogen-bond donors (Lipinski definition) is 1. The molecule has 1 aliphatic heterocycles. The van der Waals surface area contributed by atoms with E-state index in [1.165, 1.54) is 12.8 Å². The Hall–Kier alpha value is -2.37. The predicted molar refractivity (Wildman–Crippen MR) is 105 cm³/mol. The fraction of sp³-hybridized carbons (Fsp3) is 0.409. The van der Waals surface area contributed by atoms with E-state index in [0.717, 1.165) is 17.7 Å². The number of rotatable bonds is 5. The van der Waals surface area contributed by atoms with E-state index in [-0.39, 0.29) is 11.9 Å². The average molecular weight is 366 g/mol. The van der Waals surface area contributed by atoms with Crippen molar-refractivity contribution in [2.75, 3.05) is 25.6 Å². The number of morpholine rings is 1. The SMILES string of the molecule is COc1ccc(C)cc1NC(=O)[C@@H]1OCCN(C2CC2)[C@H]1c1ccccc1. The first-order valence-corrected chi connectivity index (χ1v) is 9.55. The number of hydrogen-bond acceptors (Lipinski definition) is 4. The molecule has 0 aromatic heterocycles. The van der Waals surface area contributed by atoms with E-state index >= 15 is 0 Å². The van der Waals surface area contributed by atoms with E-state index in [4.69, 9.17) is 9.47 Å². The van der Waals surface area contributed by atoms with Gasteiger partial charge in [0.25, 0.3) is 5.91 Å². The zero-order chi connectivity index (χ0) is 18.8. The summed E-state index contributed by atoms with van der Waals surface area (Å²) in [5, 5.41) is 3.04. The van der Waals surface area contributed by atoms with Crippen LogP contribution in [0.25, 0.3) is 0 Å². The maximum absolute atomic E-state index is 13.2. The van der Waals surface area contributed by atoms with Gasteiger partial charge in [-0.3, -0.25) is 9.69 Å². The Labute approximate surface area is 160 Å². The molecule has 5 heteroatoms. The van der Waals surface area contributed by atoms with E-state index in [2.05, 4.69) is 22.3 Å². The highest BCUT2D eigenvalue weighted by Gasteiger charge is 2.44. The van der Waals surface area contributed by atoms with Crippen LogP contribution < -0.4 is 10.1 Å². The van der Waals surface area contributed by atoms with Crippen LogP contribution in [0.2, 0.25) is 0 Å². The van der Waals surface area contributed by atoms with Crippen LogP contribution in [0.5, 0.6) is 5.75 Å². The maximum Gasteiger partial charge on any atom is 0.255 e. The monoisotopic (exact) mass is 366 g/mol. The second-order valence-corrected chi connectivity index (χ2v) is 7.31. The molecule has 1 aliphatic carbocycles. The summed E-state index contributed by atoms with van der Waals surface area (Å²) < 4.78 is 11.4. The van der Waals surface area contributed by atoms with Crippen LogP contribution in [0.3, 0.4) is 0 Å². The first-order chi connectivity index (χ1) is 13.2. The quantitative estimate of drug-likeness (QED) is 0.879. The Morgan fingerprint density at radius 2 is 1.96 bits per heavy atom. The molecule has 142 valence electrons. The van der Waals surface area contributed by atoms with E-state index < -0.39 is 6.10 Å². The van der Waals surface area contributed by atoms with Gasteiger partial charge in [-0.2, -0.15) is 0 Å². The normalized spacial score (nSPS) is 23.0. The molecule has 0 radical (unpaired) electrons. The van der Waals surface area contributed by atoms with Crippen molar-refractivity contribution >= 4 is 11.6 Å². The Morgan fingerprint density at radius 3 is 2.67 bits per heavy atom. The summed E-state index contributed by atoms with van der Waals surface area (Å²) in [4.78, 5) is 15.6. The van der Waals surface area contributed by atoms with Gasteiger partial charge in [0.2, 0.25) is 0 Å². The molecular formula is C22H26N2O3.